The first kappa shape index (κ1) is 66.4. The molecule has 0 rings (SSSR count). The van der Waals surface area contributed by atoms with E-state index < -0.39 is 6.10 Å². The topological polar surface area (TPSA) is 78.9 Å². The molecule has 0 saturated carbocycles. The van der Waals surface area contributed by atoms with Gasteiger partial charge in [-0.25, -0.2) is 0 Å². The van der Waals surface area contributed by atoms with Gasteiger partial charge >= 0.3 is 17.9 Å². The molecule has 404 valence electrons. The number of rotatable bonds is 55. The first-order valence-electron chi connectivity index (χ1n) is 30.7. The molecule has 0 aromatic rings. The van der Waals surface area contributed by atoms with Gasteiger partial charge in [0.25, 0.3) is 0 Å². The van der Waals surface area contributed by atoms with Crippen molar-refractivity contribution in [2.24, 2.45) is 17.8 Å². The molecule has 3 unspecified atom stereocenters. The molecular formula is C62H120O6. The fraction of sp³-hybridized carbons (Fsp3) is 0.952. The van der Waals surface area contributed by atoms with Gasteiger partial charge in [-0.3, -0.25) is 14.4 Å². The minimum atomic E-state index is -0.764. The third-order valence-corrected chi connectivity index (χ3v) is 15.2. The summed E-state index contributed by atoms with van der Waals surface area (Å²) in [7, 11) is 0. The second-order valence-corrected chi connectivity index (χ2v) is 22.1. The normalized spacial score (nSPS) is 13.3. The zero-order valence-electron chi connectivity index (χ0n) is 46.9. The molecule has 0 aliphatic carbocycles. The highest BCUT2D eigenvalue weighted by atomic mass is 16.6. The highest BCUT2D eigenvalue weighted by molar-refractivity contribution is 5.71. The maximum absolute atomic E-state index is 12.9. The molecule has 0 N–H and O–H groups in total. The van der Waals surface area contributed by atoms with Gasteiger partial charge in [-0.1, -0.05) is 305 Å². The Balaban J connectivity index is 4.22. The summed E-state index contributed by atoms with van der Waals surface area (Å²) in [4.78, 5) is 38.2. The van der Waals surface area contributed by atoms with Crippen molar-refractivity contribution >= 4 is 17.9 Å². The van der Waals surface area contributed by atoms with Crippen LogP contribution in [-0.4, -0.2) is 37.2 Å². The molecule has 0 aromatic heterocycles. The first-order valence-corrected chi connectivity index (χ1v) is 30.7. The van der Waals surface area contributed by atoms with Crippen molar-refractivity contribution in [1.82, 2.24) is 0 Å². The average molecular weight is 962 g/mol. The minimum Gasteiger partial charge on any atom is -0.462 e. The molecule has 0 saturated heterocycles. The minimum absolute atomic E-state index is 0.0639. The highest BCUT2D eigenvalue weighted by Crippen LogP contribution is 2.20. The zero-order chi connectivity index (χ0) is 49.8. The maximum Gasteiger partial charge on any atom is 0.306 e. The summed E-state index contributed by atoms with van der Waals surface area (Å²) in [5.41, 5.74) is 0. The summed E-state index contributed by atoms with van der Waals surface area (Å²) in [6.07, 6.45) is 56.7. The second kappa shape index (κ2) is 53.2. The number of unbranched alkanes of at least 4 members (excludes halogenated alkanes) is 35. The molecule has 0 heterocycles. The number of esters is 3. The van der Waals surface area contributed by atoms with Gasteiger partial charge in [-0.15, -0.1) is 0 Å². The molecule has 0 radical (unpaired) electrons. The lowest BCUT2D eigenvalue weighted by atomic mass is 9.99. The maximum atomic E-state index is 12.9. The molecule has 68 heavy (non-hydrogen) atoms. The van der Waals surface area contributed by atoms with E-state index in [1.807, 2.05) is 0 Å². The van der Waals surface area contributed by atoms with Gasteiger partial charge in [0.2, 0.25) is 0 Å². The lowest BCUT2D eigenvalue weighted by Crippen LogP contribution is -2.30. The molecule has 0 bridgehead atoms. The Kier molecular flexibility index (Phi) is 52.0. The lowest BCUT2D eigenvalue weighted by molar-refractivity contribution is -0.167. The Bertz CT molecular complexity index is 1060. The third kappa shape index (κ3) is 50.8. The van der Waals surface area contributed by atoms with Gasteiger partial charge in [0.05, 0.1) is 0 Å². The number of hydrogen-bond donors (Lipinski definition) is 0. The predicted octanol–water partition coefficient (Wildman–Crippen LogP) is 20.3. The molecule has 0 fully saturated rings. The van der Waals surface area contributed by atoms with Crippen LogP contribution in [0, 0.1) is 17.8 Å². The van der Waals surface area contributed by atoms with Crippen LogP contribution in [0.15, 0.2) is 0 Å². The van der Waals surface area contributed by atoms with Crippen molar-refractivity contribution in [1.29, 1.82) is 0 Å². The summed E-state index contributed by atoms with van der Waals surface area (Å²) in [6.45, 7) is 13.8. The number of carbonyl (C=O) groups is 3. The molecule has 6 nitrogen and oxygen atoms in total. The second-order valence-electron chi connectivity index (χ2n) is 22.1. The Morgan fingerprint density at radius 1 is 0.279 bits per heavy atom. The van der Waals surface area contributed by atoms with E-state index in [-0.39, 0.29) is 31.1 Å². The molecular weight excluding hydrogens is 841 g/mol. The van der Waals surface area contributed by atoms with Gasteiger partial charge in [0.15, 0.2) is 6.10 Å². The van der Waals surface area contributed by atoms with E-state index in [0.29, 0.717) is 19.3 Å². The molecule has 4 atom stereocenters. The summed E-state index contributed by atoms with van der Waals surface area (Å²) in [5, 5.41) is 0. The van der Waals surface area contributed by atoms with Crippen molar-refractivity contribution in [2.45, 2.75) is 349 Å². The summed E-state index contributed by atoms with van der Waals surface area (Å²) < 4.78 is 16.9. The van der Waals surface area contributed by atoms with Gasteiger partial charge in [0, 0.05) is 19.3 Å². The van der Waals surface area contributed by atoms with E-state index in [1.165, 1.54) is 225 Å². The van der Waals surface area contributed by atoms with Gasteiger partial charge in [0.1, 0.15) is 13.2 Å². The van der Waals surface area contributed by atoms with Crippen LogP contribution in [0.2, 0.25) is 0 Å². The first-order chi connectivity index (χ1) is 33.2. The predicted molar refractivity (Wildman–Crippen MR) is 293 cm³/mol. The smallest absolute Gasteiger partial charge is 0.306 e. The SMILES string of the molecule is CCC(C)CCCCCCCCCCCCCCCCCCCCC(=O)O[C@@H](COC(=O)CCCCCCCCCCCCCCCCC(C)CC)COC(=O)CCCCCCCCC(C)CC. The summed E-state index contributed by atoms with van der Waals surface area (Å²) >= 11 is 0. The van der Waals surface area contributed by atoms with Crippen molar-refractivity contribution < 1.29 is 28.6 Å². The van der Waals surface area contributed by atoms with Crippen LogP contribution in [-0.2, 0) is 28.6 Å². The van der Waals surface area contributed by atoms with Crippen LogP contribution in [0.3, 0.4) is 0 Å². The van der Waals surface area contributed by atoms with Crippen molar-refractivity contribution in [3.05, 3.63) is 0 Å². The molecule has 0 amide bonds. The van der Waals surface area contributed by atoms with Crippen LogP contribution in [0.5, 0.6) is 0 Å². The largest absolute Gasteiger partial charge is 0.462 e. The standard InChI is InChI=1S/C62H120O6/c1-7-56(4)48-42-36-30-26-22-18-14-12-10-11-13-15-21-25-29-33-41-47-53-62(65)68-59(55-67-61(64)52-46-40-35-34-38-44-50-58(6)9-3)54-66-60(63)51-45-39-32-28-24-20-17-16-19-23-27-31-37-43-49-57(5)8-2/h56-59H,7-55H2,1-6H3/t56?,57?,58?,59-/m0/s1. The molecule has 0 spiro atoms. The Morgan fingerprint density at radius 3 is 0.691 bits per heavy atom. The van der Waals surface area contributed by atoms with E-state index >= 15 is 0 Å². The van der Waals surface area contributed by atoms with E-state index in [1.54, 1.807) is 0 Å². The summed E-state index contributed by atoms with van der Waals surface area (Å²) in [6, 6.07) is 0. The fourth-order valence-corrected chi connectivity index (χ4v) is 9.43. The van der Waals surface area contributed by atoms with Gasteiger partial charge in [-0.05, 0) is 37.0 Å². The van der Waals surface area contributed by atoms with E-state index in [2.05, 4.69) is 41.5 Å². The third-order valence-electron chi connectivity index (χ3n) is 15.2. The van der Waals surface area contributed by atoms with Crippen molar-refractivity contribution in [3.63, 3.8) is 0 Å². The van der Waals surface area contributed by atoms with Gasteiger partial charge < -0.3 is 14.2 Å². The highest BCUT2D eigenvalue weighted by Gasteiger charge is 2.19. The van der Waals surface area contributed by atoms with Crippen molar-refractivity contribution in [2.75, 3.05) is 13.2 Å². The van der Waals surface area contributed by atoms with Crippen LogP contribution in [0.25, 0.3) is 0 Å². The monoisotopic (exact) mass is 961 g/mol. The lowest BCUT2D eigenvalue weighted by Gasteiger charge is -2.18. The Labute approximate surface area is 425 Å². The van der Waals surface area contributed by atoms with Crippen LogP contribution in [0.4, 0.5) is 0 Å². The number of carbonyl (C=O) groups excluding carboxylic acids is 3. The van der Waals surface area contributed by atoms with Crippen molar-refractivity contribution in [3.8, 4) is 0 Å². The van der Waals surface area contributed by atoms with E-state index in [9.17, 15) is 14.4 Å². The molecule has 0 aliphatic rings. The average Bonchev–Trinajstić information content (AvgIpc) is 3.34. The molecule has 6 heteroatoms. The fourth-order valence-electron chi connectivity index (χ4n) is 9.43. The van der Waals surface area contributed by atoms with Crippen LogP contribution < -0.4 is 0 Å². The molecule has 0 aromatic carbocycles. The van der Waals surface area contributed by atoms with Crippen LogP contribution >= 0.6 is 0 Å². The number of hydrogen-bond acceptors (Lipinski definition) is 6. The van der Waals surface area contributed by atoms with E-state index in [4.69, 9.17) is 14.2 Å². The Morgan fingerprint density at radius 2 is 0.471 bits per heavy atom. The van der Waals surface area contributed by atoms with Crippen LogP contribution in [0.1, 0.15) is 343 Å². The summed E-state index contributed by atoms with van der Waals surface area (Å²) in [5.74, 6) is 1.77. The zero-order valence-corrected chi connectivity index (χ0v) is 46.9. The Hall–Kier alpha value is -1.59. The quantitative estimate of drug-likeness (QED) is 0.0343. The molecule has 0 aliphatic heterocycles. The number of ether oxygens (including phenoxy) is 3. The van der Waals surface area contributed by atoms with Gasteiger partial charge in [-0.2, -0.15) is 0 Å². The van der Waals surface area contributed by atoms with E-state index in [0.717, 1.165) is 75.5 Å².